The first-order valence-electron chi connectivity index (χ1n) is 7.99. The summed E-state index contributed by atoms with van der Waals surface area (Å²) in [7, 11) is 4.02. The minimum Gasteiger partial charge on any atom is -0.393 e. The van der Waals surface area contributed by atoms with Crippen LogP contribution >= 0.6 is 11.6 Å². The summed E-state index contributed by atoms with van der Waals surface area (Å²) in [5.74, 6) is 1.17. The molecule has 0 radical (unpaired) electrons. The molecule has 2 N–H and O–H groups in total. The number of aryl methyl sites for hydroxylation is 1. The van der Waals surface area contributed by atoms with Crippen molar-refractivity contribution in [2.45, 2.75) is 38.8 Å². The standard InChI is InChI=1S/C16H27ClN4O/c1-4-18-16(19-9-12-6-5-7-15(12)22)21(3)11-14-8-13(17)10-20(14)2/h8,10,12,15,22H,4-7,9,11H2,1-3H3,(H,18,19). The molecule has 0 amide bonds. The molecule has 1 saturated carbocycles. The first-order valence-corrected chi connectivity index (χ1v) is 8.37. The van der Waals surface area contributed by atoms with E-state index < -0.39 is 0 Å². The molecular weight excluding hydrogens is 300 g/mol. The number of aliphatic hydroxyl groups is 1. The Kier molecular flexibility index (Phi) is 6.15. The van der Waals surface area contributed by atoms with Gasteiger partial charge in [-0.15, -0.1) is 0 Å². The van der Waals surface area contributed by atoms with Crippen molar-refractivity contribution in [3.05, 3.63) is 23.0 Å². The molecule has 1 fully saturated rings. The zero-order valence-electron chi connectivity index (χ0n) is 13.7. The monoisotopic (exact) mass is 326 g/mol. The van der Waals surface area contributed by atoms with Crippen LogP contribution in [0.15, 0.2) is 17.3 Å². The number of hydrogen-bond acceptors (Lipinski definition) is 2. The SMILES string of the molecule is CCNC(=NCC1CCCC1O)N(C)Cc1cc(Cl)cn1C. The third kappa shape index (κ3) is 4.40. The summed E-state index contributed by atoms with van der Waals surface area (Å²) < 4.78 is 2.03. The van der Waals surface area contributed by atoms with Crippen molar-refractivity contribution in [3.63, 3.8) is 0 Å². The van der Waals surface area contributed by atoms with E-state index >= 15 is 0 Å². The molecule has 1 heterocycles. The highest BCUT2D eigenvalue weighted by Crippen LogP contribution is 2.25. The Labute approximate surface area is 138 Å². The molecule has 6 heteroatoms. The number of hydrogen-bond donors (Lipinski definition) is 2. The van der Waals surface area contributed by atoms with Gasteiger partial charge in [-0.25, -0.2) is 0 Å². The highest BCUT2D eigenvalue weighted by Gasteiger charge is 2.25. The fourth-order valence-electron chi connectivity index (χ4n) is 2.94. The summed E-state index contributed by atoms with van der Waals surface area (Å²) in [4.78, 5) is 6.80. The van der Waals surface area contributed by atoms with E-state index in [9.17, 15) is 5.11 Å². The van der Waals surface area contributed by atoms with E-state index in [-0.39, 0.29) is 6.10 Å². The molecule has 1 aromatic heterocycles. The van der Waals surface area contributed by atoms with Crippen molar-refractivity contribution in [2.75, 3.05) is 20.1 Å². The zero-order valence-corrected chi connectivity index (χ0v) is 14.5. The second-order valence-corrected chi connectivity index (χ2v) is 6.51. The number of rotatable bonds is 5. The molecule has 124 valence electrons. The normalized spacial score (nSPS) is 22.1. The van der Waals surface area contributed by atoms with Crippen molar-refractivity contribution < 1.29 is 5.11 Å². The van der Waals surface area contributed by atoms with Crippen molar-refractivity contribution >= 4 is 17.6 Å². The molecule has 0 aliphatic heterocycles. The average molecular weight is 327 g/mol. The molecule has 2 atom stereocenters. The van der Waals surface area contributed by atoms with E-state index in [1.54, 1.807) is 0 Å². The van der Waals surface area contributed by atoms with E-state index in [1.807, 2.05) is 30.9 Å². The van der Waals surface area contributed by atoms with Crippen LogP contribution in [0.5, 0.6) is 0 Å². The smallest absolute Gasteiger partial charge is 0.194 e. The fraction of sp³-hybridized carbons (Fsp3) is 0.688. The van der Waals surface area contributed by atoms with Crippen LogP contribution in [-0.4, -0.2) is 46.8 Å². The second kappa shape index (κ2) is 7.88. The Balaban J connectivity index is 2.00. The minimum absolute atomic E-state index is 0.191. The third-order valence-corrected chi connectivity index (χ3v) is 4.47. The molecule has 2 unspecified atom stereocenters. The predicted octanol–water partition coefficient (Wildman–Crippen LogP) is 2.24. The van der Waals surface area contributed by atoms with Crippen LogP contribution in [-0.2, 0) is 13.6 Å². The lowest BCUT2D eigenvalue weighted by atomic mass is 10.1. The number of nitrogens with zero attached hydrogens (tertiary/aromatic N) is 3. The Morgan fingerprint density at radius 2 is 2.32 bits per heavy atom. The fourth-order valence-corrected chi connectivity index (χ4v) is 3.22. The molecule has 0 bridgehead atoms. The van der Waals surface area contributed by atoms with Gasteiger partial charge in [0.15, 0.2) is 5.96 Å². The van der Waals surface area contributed by atoms with Gasteiger partial charge in [0.2, 0.25) is 0 Å². The third-order valence-electron chi connectivity index (χ3n) is 4.26. The van der Waals surface area contributed by atoms with Gasteiger partial charge >= 0.3 is 0 Å². The van der Waals surface area contributed by atoms with Crippen LogP contribution in [0.2, 0.25) is 5.02 Å². The molecule has 0 aromatic carbocycles. The number of halogens is 1. The van der Waals surface area contributed by atoms with Crippen LogP contribution in [0, 0.1) is 5.92 Å². The topological polar surface area (TPSA) is 52.8 Å². The molecule has 22 heavy (non-hydrogen) atoms. The number of aliphatic hydroxyl groups excluding tert-OH is 1. The van der Waals surface area contributed by atoms with Gasteiger partial charge < -0.3 is 19.9 Å². The number of aromatic nitrogens is 1. The molecule has 1 aliphatic carbocycles. The predicted molar refractivity (Wildman–Crippen MR) is 91.2 cm³/mol. The summed E-state index contributed by atoms with van der Waals surface area (Å²) in [5, 5.41) is 14.0. The van der Waals surface area contributed by atoms with Crippen LogP contribution in [0.4, 0.5) is 0 Å². The maximum atomic E-state index is 9.92. The van der Waals surface area contributed by atoms with E-state index in [1.165, 1.54) is 0 Å². The molecule has 1 aliphatic rings. The van der Waals surface area contributed by atoms with E-state index in [0.717, 1.165) is 49.0 Å². The summed E-state index contributed by atoms with van der Waals surface area (Å²) in [6, 6.07) is 1.97. The summed E-state index contributed by atoms with van der Waals surface area (Å²) in [6.07, 6.45) is 4.80. The van der Waals surface area contributed by atoms with Crippen molar-refractivity contribution in [3.8, 4) is 0 Å². The molecule has 0 spiro atoms. The van der Waals surface area contributed by atoms with Crippen LogP contribution in [0.3, 0.4) is 0 Å². The maximum Gasteiger partial charge on any atom is 0.194 e. The van der Waals surface area contributed by atoms with E-state index in [2.05, 4.69) is 17.1 Å². The number of guanidine groups is 1. The Morgan fingerprint density at radius 3 is 2.86 bits per heavy atom. The van der Waals surface area contributed by atoms with Gasteiger partial charge in [-0.2, -0.15) is 0 Å². The molecule has 1 aromatic rings. The van der Waals surface area contributed by atoms with Crippen LogP contribution in [0.1, 0.15) is 31.9 Å². The number of nitrogens with one attached hydrogen (secondary N) is 1. The van der Waals surface area contributed by atoms with Gasteiger partial charge in [0.05, 0.1) is 17.7 Å². The van der Waals surface area contributed by atoms with Gasteiger partial charge in [-0.05, 0) is 25.8 Å². The van der Waals surface area contributed by atoms with Crippen LogP contribution in [0.25, 0.3) is 0 Å². The molecular formula is C16H27ClN4O. The lowest BCUT2D eigenvalue weighted by Crippen LogP contribution is -2.39. The van der Waals surface area contributed by atoms with E-state index in [4.69, 9.17) is 16.6 Å². The molecule has 5 nitrogen and oxygen atoms in total. The Hall–Kier alpha value is -1.20. The summed E-state index contributed by atoms with van der Waals surface area (Å²) in [5.41, 5.74) is 1.14. The van der Waals surface area contributed by atoms with Gasteiger partial charge in [0.1, 0.15) is 0 Å². The largest absolute Gasteiger partial charge is 0.393 e. The molecule has 0 saturated heterocycles. The van der Waals surface area contributed by atoms with E-state index in [0.29, 0.717) is 12.5 Å². The Morgan fingerprint density at radius 1 is 1.55 bits per heavy atom. The maximum absolute atomic E-state index is 9.92. The number of aliphatic imine (C=N–C) groups is 1. The first kappa shape index (κ1) is 17.2. The highest BCUT2D eigenvalue weighted by atomic mass is 35.5. The van der Waals surface area contributed by atoms with Gasteiger partial charge in [-0.3, -0.25) is 4.99 Å². The molecule has 2 rings (SSSR count). The Bertz CT molecular complexity index is 514. The van der Waals surface area contributed by atoms with Gasteiger partial charge in [0.25, 0.3) is 0 Å². The first-order chi connectivity index (χ1) is 10.5. The summed E-state index contributed by atoms with van der Waals surface area (Å²) in [6.45, 7) is 4.31. The van der Waals surface area contributed by atoms with Crippen molar-refractivity contribution in [1.29, 1.82) is 0 Å². The van der Waals surface area contributed by atoms with Crippen molar-refractivity contribution in [2.24, 2.45) is 18.0 Å². The van der Waals surface area contributed by atoms with Gasteiger partial charge in [0, 0.05) is 45.0 Å². The lowest BCUT2D eigenvalue weighted by Gasteiger charge is -2.23. The zero-order chi connectivity index (χ0) is 16.1. The quantitative estimate of drug-likeness (QED) is 0.644. The van der Waals surface area contributed by atoms with Crippen molar-refractivity contribution in [1.82, 2.24) is 14.8 Å². The highest BCUT2D eigenvalue weighted by molar-refractivity contribution is 6.30. The lowest BCUT2D eigenvalue weighted by molar-refractivity contribution is 0.136. The summed E-state index contributed by atoms with van der Waals surface area (Å²) >= 11 is 6.04. The minimum atomic E-state index is -0.191. The van der Waals surface area contributed by atoms with Crippen LogP contribution < -0.4 is 5.32 Å². The second-order valence-electron chi connectivity index (χ2n) is 6.07. The average Bonchev–Trinajstić information content (AvgIpc) is 3.00. The van der Waals surface area contributed by atoms with Gasteiger partial charge in [-0.1, -0.05) is 18.0 Å².